The van der Waals surface area contributed by atoms with Gasteiger partial charge in [-0.3, -0.25) is 9.36 Å². The average molecular weight is 269 g/mol. The van der Waals surface area contributed by atoms with Gasteiger partial charge in [0.05, 0.1) is 17.2 Å². The Morgan fingerprint density at radius 1 is 1.60 bits per heavy atom. The molecule has 0 bridgehead atoms. The lowest BCUT2D eigenvalue weighted by atomic mass is 9.99. The number of aromatic nitrogens is 3. The predicted octanol–water partition coefficient (Wildman–Crippen LogP) is 1.25. The first-order valence-electron chi connectivity index (χ1n) is 6.59. The lowest BCUT2D eigenvalue weighted by Gasteiger charge is -2.28. The molecule has 1 N–H and O–H groups in total. The van der Waals surface area contributed by atoms with Crippen molar-refractivity contribution in [2.45, 2.75) is 37.8 Å². The Hall–Kier alpha value is -2.19. The van der Waals surface area contributed by atoms with Crippen LogP contribution in [0, 0.1) is 12.3 Å². The SMILES string of the molecule is C#Cc1cc2cncnc2n([C@@H]2CCC[C@@]2(C)O)c1=O. The zero-order valence-corrected chi connectivity index (χ0v) is 11.2. The normalized spacial score (nSPS) is 25.8. The summed E-state index contributed by atoms with van der Waals surface area (Å²) in [4.78, 5) is 20.7. The summed E-state index contributed by atoms with van der Waals surface area (Å²) in [6, 6.07) is 1.32. The van der Waals surface area contributed by atoms with Gasteiger partial charge in [-0.25, -0.2) is 9.97 Å². The highest BCUT2D eigenvalue weighted by Crippen LogP contribution is 2.39. The molecule has 0 amide bonds. The van der Waals surface area contributed by atoms with Crippen molar-refractivity contribution in [1.29, 1.82) is 0 Å². The minimum Gasteiger partial charge on any atom is -0.388 e. The molecule has 20 heavy (non-hydrogen) atoms. The fourth-order valence-electron chi connectivity index (χ4n) is 3.01. The second-order valence-corrected chi connectivity index (χ2v) is 5.44. The lowest BCUT2D eigenvalue weighted by molar-refractivity contribution is 0.0266. The molecule has 1 fully saturated rings. The highest BCUT2D eigenvalue weighted by atomic mass is 16.3. The Bertz CT molecular complexity index is 771. The van der Waals surface area contributed by atoms with Crippen molar-refractivity contribution in [3.05, 3.63) is 34.5 Å². The number of pyridine rings is 1. The number of hydrogen-bond acceptors (Lipinski definition) is 4. The molecule has 5 nitrogen and oxygen atoms in total. The summed E-state index contributed by atoms with van der Waals surface area (Å²) in [7, 11) is 0. The number of terminal acetylenes is 1. The second kappa shape index (κ2) is 4.43. The van der Waals surface area contributed by atoms with Crippen LogP contribution in [0.3, 0.4) is 0 Å². The second-order valence-electron chi connectivity index (χ2n) is 5.44. The monoisotopic (exact) mass is 269 g/mol. The van der Waals surface area contributed by atoms with Crippen LogP contribution < -0.4 is 5.56 Å². The molecule has 0 radical (unpaired) electrons. The molecule has 0 spiro atoms. The number of rotatable bonds is 1. The summed E-state index contributed by atoms with van der Waals surface area (Å²) in [5.41, 5.74) is -0.397. The maximum atomic E-state index is 12.5. The van der Waals surface area contributed by atoms with Crippen molar-refractivity contribution in [3.63, 3.8) is 0 Å². The van der Waals surface area contributed by atoms with Gasteiger partial charge < -0.3 is 5.11 Å². The standard InChI is InChI=1S/C15H15N3O2/c1-3-10-7-11-8-16-9-17-13(11)18(14(10)19)12-5-4-6-15(12,2)20/h1,7-9,12,20H,4-6H2,2H3/t12-,15-/m1/s1. The summed E-state index contributed by atoms with van der Waals surface area (Å²) < 4.78 is 1.54. The highest BCUT2D eigenvalue weighted by Gasteiger charge is 2.39. The van der Waals surface area contributed by atoms with Crippen molar-refractivity contribution >= 4 is 11.0 Å². The van der Waals surface area contributed by atoms with Crippen LogP contribution in [0.1, 0.15) is 37.8 Å². The van der Waals surface area contributed by atoms with E-state index in [1.165, 1.54) is 6.33 Å². The molecular formula is C15H15N3O2. The zero-order valence-electron chi connectivity index (χ0n) is 11.2. The number of aliphatic hydroxyl groups is 1. The van der Waals surface area contributed by atoms with Crippen LogP contribution >= 0.6 is 0 Å². The van der Waals surface area contributed by atoms with Gasteiger partial charge in [0.25, 0.3) is 5.56 Å². The maximum Gasteiger partial charge on any atom is 0.268 e. The van der Waals surface area contributed by atoms with Crippen LogP contribution in [0.4, 0.5) is 0 Å². The van der Waals surface area contributed by atoms with Crippen molar-refractivity contribution in [2.75, 3.05) is 0 Å². The topological polar surface area (TPSA) is 68.0 Å². The minimum absolute atomic E-state index is 0.272. The molecule has 102 valence electrons. The van der Waals surface area contributed by atoms with E-state index in [9.17, 15) is 9.90 Å². The molecule has 5 heteroatoms. The Kier molecular flexibility index (Phi) is 2.84. The highest BCUT2D eigenvalue weighted by molar-refractivity contribution is 5.75. The van der Waals surface area contributed by atoms with E-state index in [0.29, 0.717) is 17.5 Å². The summed E-state index contributed by atoms with van der Waals surface area (Å²) in [5.74, 6) is 2.41. The molecule has 2 atom stereocenters. The van der Waals surface area contributed by atoms with Gasteiger partial charge in [-0.1, -0.05) is 5.92 Å². The first-order valence-corrected chi connectivity index (χ1v) is 6.59. The first-order chi connectivity index (χ1) is 9.54. The number of nitrogens with zero attached hydrogens (tertiary/aromatic N) is 3. The molecule has 3 rings (SSSR count). The molecule has 1 aliphatic rings. The Balaban J connectivity index is 2.37. The zero-order chi connectivity index (χ0) is 14.3. The fourth-order valence-corrected chi connectivity index (χ4v) is 3.01. The van der Waals surface area contributed by atoms with E-state index in [1.54, 1.807) is 23.8 Å². The molecule has 2 aromatic rings. The summed E-state index contributed by atoms with van der Waals surface area (Å²) >= 11 is 0. The summed E-state index contributed by atoms with van der Waals surface area (Å²) in [6.07, 6.45) is 10.7. The van der Waals surface area contributed by atoms with Gasteiger partial charge in [0.1, 0.15) is 12.0 Å². The minimum atomic E-state index is -0.922. The molecule has 0 aromatic carbocycles. The van der Waals surface area contributed by atoms with Gasteiger partial charge in [-0.15, -0.1) is 6.42 Å². The van der Waals surface area contributed by atoms with Gasteiger partial charge in [-0.05, 0) is 32.3 Å². The van der Waals surface area contributed by atoms with Gasteiger partial charge >= 0.3 is 0 Å². The average Bonchev–Trinajstić information content (AvgIpc) is 2.77. The molecule has 2 heterocycles. The van der Waals surface area contributed by atoms with Gasteiger partial charge in [-0.2, -0.15) is 0 Å². The van der Waals surface area contributed by atoms with Crippen LogP contribution in [-0.2, 0) is 0 Å². The van der Waals surface area contributed by atoms with E-state index < -0.39 is 5.60 Å². The largest absolute Gasteiger partial charge is 0.388 e. The molecule has 0 aliphatic heterocycles. The Labute approximate surface area is 116 Å². The Morgan fingerprint density at radius 3 is 3.05 bits per heavy atom. The van der Waals surface area contributed by atoms with Crippen molar-refractivity contribution in [2.24, 2.45) is 0 Å². The van der Waals surface area contributed by atoms with Crippen LogP contribution in [0.5, 0.6) is 0 Å². The summed E-state index contributed by atoms with van der Waals surface area (Å²) in [5, 5.41) is 11.2. The molecule has 2 aromatic heterocycles. The van der Waals surface area contributed by atoms with Crippen LogP contribution in [0.15, 0.2) is 23.4 Å². The first kappa shape index (κ1) is 12.8. The molecular weight excluding hydrogens is 254 g/mol. The fraction of sp³-hybridized carbons (Fsp3) is 0.400. The van der Waals surface area contributed by atoms with E-state index in [4.69, 9.17) is 6.42 Å². The smallest absolute Gasteiger partial charge is 0.268 e. The van der Waals surface area contributed by atoms with Gasteiger partial charge in [0.15, 0.2) is 0 Å². The maximum absolute atomic E-state index is 12.5. The molecule has 0 saturated heterocycles. The van der Waals surface area contributed by atoms with E-state index in [0.717, 1.165) is 12.8 Å². The van der Waals surface area contributed by atoms with E-state index >= 15 is 0 Å². The van der Waals surface area contributed by atoms with E-state index in [2.05, 4.69) is 15.9 Å². The molecule has 0 unspecified atom stereocenters. The third-order valence-corrected chi connectivity index (χ3v) is 4.04. The summed E-state index contributed by atoms with van der Waals surface area (Å²) in [6.45, 7) is 1.76. The van der Waals surface area contributed by atoms with Crippen LogP contribution in [-0.4, -0.2) is 25.2 Å². The van der Waals surface area contributed by atoms with Crippen molar-refractivity contribution in [1.82, 2.24) is 14.5 Å². The van der Waals surface area contributed by atoms with Crippen molar-refractivity contribution in [3.8, 4) is 12.3 Å². The lowest BCUT2D eigenvalue weighted by Crippen LogP contribution is -2.38. The number of hydrogen-bond donors (Lipinski definition) is 1. The van der Waals surface area contributed by atoms with Crippen LogP contribution in [0.25, 0.3) is 11.0 Å². The van der Waals surface area contributed by atoms with Gasteiger partial charge in [0.2, 0.25) is 0 Å². The van der Waals surface area contributed by atoms with Crippen molar-refractivity contribution < 1.29 is 5.11 Å². The Morgan fingerprint density at radius 2 is 2.40 bits per heavy atom. The predicted molar refractivity (Wildman–Crippen MR) is 75.2 cm³/mol. The van der Waals surface area contributed by atoms with Gasteiger partial charge in [0, 0.05) is 11.6 Å². The molecule has 1 aliphatic carbocycles. The van der Waals surface area contributed by atoms with Crippen LogP contribution in [0.2, 0.25) is 0 Å². The third kappa shape index (κ3) is 1.81. The number of fused-ring (bicyclic) bond motifs is 1. The van der Waals surface area contributed by atoms with E-state index in [1.807, 2.05) is 0 Å². The molecule has 1 saturated carbocycles. The quantitative estimate of drug-likeness (QED) is 0.791. The third-order valence-electron chi connectivity index (χ3n) is 4.04. The van der Waals surface area contributed by atoms with E-state index in [-0.39, 0.29) is 17.2 Å².